The third kappa shape index (κ3) is 1.50. The number of benzene rings is 1. The van der Waals surface area contributed by atoms with Gasteiger partial charge in [0.15, 0.2) is 5.60 Å². The average Bonchev–Trinajstić information content (AvgIpc) is 2.84. The van der Waals surface area contributed by atoms with Crippen molar-refractivity contribution in [1.82, 2.24) is 15.0 Å². The molecule has 3 rings (SSSR count). The van der Waals surface area contributed by atoms with Crippen molar-refractivity contribution in [3.63, 3.8) is 0 Å². The van der Waals surface area contributed by atoms with Gasteiger partial charge in [0.1, 0.15) is 0 Å². The maximum Gasteiger partial charge on any atom is 0.261 e. The molecule has 18 heavy (non-hydrogen) atoms. The summed E-state index contributed by atoms with van der Waals surface area (Å²) in [5.41, 5.74) is 0.244. The quantitative estimate of drug-likeness (QED) is 0.790. The van der Waals surface area contributed by atoms with Crippen LogP contribution >= 0.6 is 0 Å². The molecule has 6 heteroatoms. The van der Waals surface area contributed by atoms with Gasteiger partial charge in [0.25, 0.3) is 5.91 Å². The molecule has 92 valence electrons. The number of amides is 1. The van der Waals surface area contributed by atoms with Crippen LogP contribution in [0, 0.1) is 0 Å². The number of rotatable bonds is 2. The first-order chi connectivity index (χ1) is 8.59. The Morgan fingerprint density at radius 3 is 2.94 bits per heavy atom. The Bertz CT molecular complexity index is 622. The number of carbonyl (C=O) groups excluding carboxylic acids is 1. The fourth-order valence-corrected chi connectivity index (χ4v) is 2.21. The molecule has 0 saturated heterocycles. The lowest BCUT2D eigenvalue weighted by Crippen LogP contribution is -2.36. The molecule has 0 saturated carbocycles. The second-order valence-corrected chi connectivity index (χ2v) is 4.42. The Labute approximate surface area is 103 Å². The first-order valence-electron chi connectivity index (χ1n) is 5.58. The summed E-state index contributed by atoms with van der Waals surface area (Å²) in [5.74, 6) is -0.422. The number of carbonyl (C=O) groups is 1. The highest BCUT2D eigenvalue weighted by molar-refractivity contribution is 6.05. The fourth-order valence-electron chi connectivity index (χ4n) is 2.21. The topological polar surface area (TPSA) is 80.0 Å². The van der Waals surface area contributed by atoms with E-state index in [2.05, 4.69) is 15.6 Å². The number of aliphatic hydroxyl groups is 1. The van der Waals surface area contributed by atoms with E-state index in [-0.39, 0.29) is 6.42 Å². The largest absolute Gasteiger partial charge is 0.375 e. The Morgan fingerprint density at radius 1 is 1.44 bits per heavy atom. The molecule has 0 fully saturated rings. The maximum absolute atomic E-state index is 11.9. The van der Waals surface area contributed by atoms with Gasteiger partial charge in [0.05, 0.1) is 5.69 Å². The number of aromatic nitrogens is 3. The van der Waals surface area contributed by atoms with Gasteiger partial charge in [0.2, 0.25) is 0 Å². The highest BCUT2D eigenvalue weighted by Gasteiger charge is 2.45. The van der Waals surface area contributed by atoms with Gasteiger partial charge < -0.3 is 10.4 Å². The minimum Gasteiger partial charge on any atom is -0.375 e. The van der Waals surface area contributed by atoms with E-state index >= 15 is 0 Å². The van der Waals surface area contributed by atoms with E-state index in [1.54, 1.807) is 31.4 Å². The van der Waals surface area contributed by atoms with E-state index in [1.165, 1.54) is 4.68 Å². The zero-order valence-corrected chi connectivity index (χ0v) is 9.79. The molecule has 0 bridgehead atoms. The lowest BCUT2D eigenvalue weighted by atomic mass is 9.91. The number of nitrogens with one attached hydrogen (secondary N) is 1. The summed E-state index contributed by atoms with van der Waals surface area (Å²) in [4.78, 5) is 11.9. The summed E-state index contributed by atoms with van der Waals surface area (Å²) >= 11 is 0. The molecule has 1 aliphatic rings. The fraction of sp³-hybridized carbons (Fsp3) is 0.250. The number of hydrogen-bond donors (Lipinski definition) is 2. The molecule has 1 unspecified atom stereocenters. The zero-order valence-electron chi connectivity index (χ0n) is 9.79. The molecule has 1 aliphatic heterocycles. The third-order valence-corrected chi connectivity index (χ3v) is 3.08. The van der Waals surface area contributed by atoms with Crippen molar-refractivity contribution in [3.05, 3.63) is 41.7 Å². The Kier molecular flexibility index (Phi) is 2.21. The van der Waals surface area contributed by atoms with Crippen molar-refractivity contribution in [2.45, 2.75) is 12.0 Å². The highest BCUT2D eigenvalue weighted by Crippen LogP contribution is 2.37. The molecule has 1 aromatic carbocycles. The number of para-hydroxylation sites is 1. The minimum atomic E-state index is -1.56. The van der Waals surface area contributed by atoms with Gasteiger partial charge in [0, 0.05) is 30.9 Å². The lowest BCUT2D eigenvalue weighted by Gasteiger charge is -2.19. The van der Waals surface area contributed by atoms with E-state index in [4.69, 9.17) is 0 Å². The maximum atomic E-state index is 11.9. The molecule has 0 spiro atoms. The summed E-state index contributed by atoms with van der Waals surface area (Å²) in [6, 6.07) is 7.11. The molecule has 0 radical (unpaired) electrons. The van der Waals surface area contributed by atoms with Crippen LogP contribution < -0.4 is 5.32 Å². The molecular weight excluding hydrogens is 232 g/mol. The zero-order chi connectivity index (χ0) is 12.8. The molecule has 2 aromatic rings. The Balaban J connectivity index is 2.01. The van der Waals surface area contributed by atoms with E-state index in [0.717, 1.165) is 0 Å². The van der Waals surface area contributed by atoms with E-state index < -0.39 is 11.5 Å². The highest BCUT2D eigenvalue weighted by atomic mass is 16.3. The standard InChI is InChI=1S/C12H12N4O2/c1-16-7-8(14-15-16)6-12(18)9-4-2-3-5-10(9)13-11(12)17/h2-5,7,18H,6H2,1H3,(H,13,17). The van der Waals surface area contributed by atoms with E-state index in [9.17, 15) is 9.90 Å². The van der Waals surface area contributed by atoms with Crippen LogP contribution in [-0.4, -0.2) is 26.0 Å². The van der Waals surface area contributed by atoms with E-state index in [0.29, 0.717) is 16.9 Å². The second-order valence-electron chi connectivity index (χ2n) is 4.42. The monoisotopic (exact) mass is 244 g/mol. The smallest absolute Gasteiger partial charge is 0.261 e. The number of anilines is 1. The van der Waals surface area contributed by atoms with Crippen molar-refractivity contribution in [3.8, 4) is 0 Å². The van der Waals surface area contributed by atoms with Gasteiger partial charge in [-0.2, -0.15) is 0 Å². The van der Waals surface area contributed by atoms with Crippen LogP contribution in [0.2, 0.25) is 0 Å². The molecule has 2 heterocycles. The van der Waals surface area contributed by atoms with Crippen molar-refractivity contribution >= 4 is 11.6 Å². The summed E-state index contributed by atoms with van der Waals surface area (Å²) in [7, 11) is 1.74. The molecule has 0 aliphatic carbocycles. The summed E-state index contributed by atoms with van der Waals surface area (Å²) < 4.78 is 1.54. The van der Waals surface area contributed by atoms with Crippen LogP contribution in [0.3, 0.4) is 0 Å². The predicted molar refractivity (Wildman–Crippen MR) is 63.7 cm³/mol. The average molecular weight is 244 g/mol. The van der Waals surface area contributed by atoms with Gasteiger partial charge >= 0.3 is 0 Å². The molecular formula is C12H12N4O2. The number of aryl methyl sites for hydroxylation is 1. The summed E-state index contributed by atoms with van der Waals surface area (Å²) in [5, 5.41) is 21.0. The predicted octanol–water partition coefficient (Wildman–Crippen LogP) is 0.197. The van der Waals surface area contributed by atoms with Gasteiger partial charge in [-0.25, -0.2) is 0 Å². The first kappa shape index (κ1) is 10.9. The van der Waals surface area contributed by atoms with Crippen molar-refractivity contribution < 1.29 is 9.90 Å². The van der Waals surface area contributed by atoms with Gasteiger partial charge in [-0.1, -0.05) is 23.4 Å². The summed E-state index contributed by atoms with van der Waals surface area (Å²) in [6.45, 7) is 0. The number of fused-ring (bicyclic) bond motifs is 1. The van der Waals surface area contributed by atoms with Crippen LogP contribution in [0.15, 0.2) is 30.5 Å². The van der Waals surface area contributed by atoms with Crippen LogP contribution in [0.5, 0.6) is 0 Å². The summed E-state index contributed by atoms with van der Waals surface area (Å²) in [6.07, 6.45) is 1.80. The van der Waals surface area contributed by atoms with Crippen LogP contribution in [-0.2, 0) is 23.9 Å². The number of nitrogens with zero attached hydrogens (tertiary/aromatic N) is 3. The first-order valence-corrected chi connectivity index (χ1v) is 5.58. The molecule has 1 atom stereocenters. The normalized spacial score (nSPS) is 21.8. The lowest BCUT2D eigenvalue weighted by molar-refractivity contribution is -0.133. The third-order valence-electron chi connectivity index (χ3n) is 3.08. The van der Waals surface area contributed by atoms with Crippen LogP contribution in [0.25, 0.3) is 0 Å². The second kappa shape index (κ2) is 3.64. The van der Waals surface area contributed by atoms with Gasteiger partial charge in [-0.05, 0) is 6.07 Å². The van der Waals surface area contributed by atoms with Crippen LogP contribution in [0.1, 0.15) is 11.3 Å². The van der Waals surface area contributed by atoms with Crippen molar-refractivity contribution in [2.24, 2.45) is 7.05 Å². The molecule has 1 amide bonds. The minimum absolute atomic E-state index is 0.115. The van der Waals surface area contributed by atoms with E-state index in [1.807, 2.05) is 6.07 Å². The van der Waals surface area contributed by atoms with Crippen molar-refractivity contribution in [2.75, 3.05) is 5.32 Å². The SMILES string of the molecule is Cn1cc(CC2(O)C(=O)Nc3ccccc32)nn1. The molecule has 1 aromatic heterocycles. The molecule has 2 N–H and O–H groups in total. The van der Waals surface area contributed by atoms with Crippen LogP contribution in [0.4, 0.5) is 5.69 Å². The number of hydrogen-bond acceptors (Lipinski definition) is 4. The van der Waals surface area contributed by atoms with Gasteiger partial charge in [-0.3, -0.25) is 9.48 Å². The van der Waals surface area contributed by atoms with Gasteiger partial charge in [-0.15, -0.1) is 5.10 Å². The Morgan fingerprint density at radius 2 is 2.22 bits per heavy atom. The van der Waals surface area contributed by atoms with Crippen molar-refractivity contribution in [1.29, 1.82) is 0 Å². The Hall–Kier alpha value is -2.21. The molecule has 6 nitrogen and oxygen atoms in total.